The van der Waals surface area contributed by atoms with Crippen molar-refractivity contribution < 1.29 is 19.4 Å². The van der Waals surface area contributed by atoms with E-state index in [1.165, 1.54) is 7.11 Å². The van der Waals surface area contributed by atoms with Crippen molar-refractivity contribution >= 4 is 17.6 Å². The summed E-state index contributed by atoms with van der Waals surface area (Å²) in [5, 5.41) is 9.45. The Kier molecular flexibility index (Phi) is 6.72. The second kappa shape index (κ2) is 8.08. The summed E-state index contributed by atoms with van der Waals surface area (Å²) in [6, 6.07) is 7.56. The maximum atomic E-state index is 10.7. The highest BCUT2D eigenvalue weighted by Gasteiger charge is 2.15. The number of hydrogen-bond acceptors (Lipinski definition) is 3. The van der Waals surface area contributed by atoms with Crippen molar-refractivity contribution in [2.24, 2.45) is 0 Å². The van der Waals surface area contributed by atoms with Gasteiger partial charge < -0.3 is 14.6 Å². The van der Waals surface area contributed by atoms with Crippen molar-refractivity contribution in [2.75, 3.05) is 20.3 Å². The van der Waals surface area contributed by atoms with Crippen LogP contribution in [0, 0.1) is 0 Å². The maximum Gasteiger partial charge on any atom is 0.332 e. The number of methoxy groups -OCH3 is 1. The SMILES string of the molecule is COC(CCOCCc1ccc(Cl)cc1)C(=O)O. The van der Waals surface area contributed by atoms with Crippen LogP contribution in [0.1, 0.15) is 12.0 Å². The minimum absolute atomic E-state index is 0.354. The highest BCUT2D eigenvalue weighted by Crippen LogP contribution is 2.10. The minimum Gasteiger partial charge on any atom is -0.479 e. The number of ether oxygens (including phenoxy) is 2. The molecule has 1 aromatic carbocycles. The molecular weight excluding hydrogens is 256 g/mol. The van der Waals surface area contributed by atoms with E-state index in [-0.39, 0.29) is 0 Å². The number of halogens is 1. The summed E-state index contributed by atoms with van der Waals surface area (Å²) in [5.41, 5.74) is 1.14. The van der Waals surface area contributed by atoms with E-state index in [4.69, 9.17) is 26.2 Å². The zero-order valence-electron chi connectivity index (χ0n) is 10.3. The van der Waals surface area contributed by atoms with Crippen LogP contribution in [-0.4, -0.2) is 37.5 Å². The molecule has 100 valence electrons. The fourth-order valence-corrected chi connectivity index (χ4v) is 1.60. The molecule has 1 aromatic rings. The van der Waals surface area contributed by atoms with Gasteiger partial charge in [0, 0.05) is 25.2 Å². The van der Waals surface area contributed by atoms with Crippen LogP contribution < -0.4 is 0 Å². The predicted octanol–water partition coefficient (Wildman–Crippen LogP) is 2.39. The zero-order valence-corrected chi connectivity index (χ0v) is 11.0. The number of carboxylic acids is 1. The molecule has 0 aliphatic heterocycles. The van der Waals surface area contributed by atoms with Crippen LogP contribution >= 0.6 is 11.6 Å². The minimum atomic E-state index is -0.959. The van der Waals surface area contributed by atoms with E-state index in [0.717, 1.165) is 12.0 Å². The molecule has 0 aliphatic rings. The summed E-state index contributed by atoms with van der Waals surface area (Å²) in [6.45, 7) is 0.927. The van der Waals surface area contributed by atoms with Crippen LogP contribution in [0.2, 0.25) is 5.02 Å². The first-order chi connectivity index (χ1) is 8.63. The second-order valence-electron chi connectivity index (χ2n) is 3.84. The third kappa shape index (κ3) is 5.49. The van der Waals surface area contributed by atoms with E-state index in [0.29, 0.717) is 24.7 Å². The Labute approximate surface area is 111 Å². The lowest BCUT2D eigenvalue weighted by Gasteiger charge is -2.10. The monoisotopic (exact) mass is 272 g/mol. The number of aliphatic carboxylic acids is 1. The fourth-order valence-electron chi connectivity index (χ4n) is 1.48. The van der Waals surface area contributed by atoms with Gasteiger partial charge in [0.2, 0.25) is 0 Å². The van der Waals surface area contributed by atoms with Gasteiger partial charge in [0.1, 0.15) is 0 Å². The Morgan fingerprint density at radius 1 is 1.33 bits per heavy atom. The molecular formula is C13H17ClO4. The van der Waals surface area contributed by atoms with Crippen LogP contribution in [0.15, 0.2) is 24.3 Å². The van der Waals surface area contributed by atoms with E-state index in [1.54, 1.807) is 0 Å². The molecule has 0 aromatic heterocycles. The van der Waals surface area contributed by atoms with Gasteiger partial charge >= 0.3 is 5.97 Å². The predicted molar refractivity (Wildman–Crippen MR) is 69.0 cm³/mol. The van der Waals surface area contributed by atoms with Gasteiger partial charge in [-0.15, -0.1) is 0 Å². The first-order valence-corrected chi connectivity index (χ1v) is 6.09. The van der Waals surface area contributed by atoms with E-state index >= 15 is 0 Å². The summed E-state index contributed by atoms with van der Waals surface area (Å²) in [6.07, 6.45) is 0.342. The first-order valence-electron chi connectivity index (χ1n) is 5.71. The summed E-state index contributed by atoms with van der Waals surface area (Å²) in [5.74, 6) is -0.959. The second-order valence-corrected chi connectivity index (χ2v) is 4.28. The average molecular weight is 273 g/mol. The Hall–Kier alpha value is -1.10. The molecule has 4 nitrogen and oxygen atoms in total. The molecule has 0 bridgehead atoms. The third-order valence-corrected chi connectivity index (χ3v) is 2.78. The van der Waals surface area contributed by atoms with Gasteiger partial charge in [0.25, 0.3) is 0 Å². The lowest BCUT2D eigenvalue weighted by molar-refractivity contribution is -0.149. The summed E-state index contributed by atoms with van der Waals surface area (Å²) >= 11 is 5.78. The molecule has 0 saturated heterocycles. The molecule has 0 amide bonds. The number of benzene rings is 1. The smallest absolute Gasteiger partial charge is 0.332 e. The van der Waals surface area contributed by atoms with Gasteiger partial charge in [-0.05, 0) is 24.1 Å². The first kappa shape index (κ1) is 15.0. The molecule has 0 radical (unpaired) electrons. The highest BCUT2D eigenvalue weighted by atomic mass is 35.5. The molecule has 1 rings (SSSR count). The topological polar surface area (TPSA) is 55.8 Å². The normalized spacial score (nSPS) is 12.3. The standard InChI is InChI=1S/C13H17ClO4/c1-17-12(13(15)16)7-9-18-8-6-10-2-4-11(14)5-3-10/h2-5,12H,6-9H2,1H3,(H,15,16). The van der Waals surface area contributed by atoms with Crippen LogP contribution in [0.3, 0.4) is 0 Å². The van der Waals surface area contributed by atoms with E-state index in [1.807, 2.05) is 24.3 Å². The van der Waals surface area contributed by atoms with Crippen molar-refractivity contribution in [2.45, 2.75) is 18.9 Å². The van der Waals surface area contributed by atoms with Crippen molar-refractivity contribution in [3.05, 3.63) is 34.9 Å². The highest BCUT2D eigenvalue weighted by molar-refractivity contribution is 6.30. The van der Waals surface area contributed by atoms with Crippen LogP contribution in [-0.2, 0) is 20.7 Å². The average Bonchev–Trinajstić information content (AvgIpc) is 2.35. The molecule has 1 unspecified atom stereocenters. The van der Waals surface area contributed by atoms with Crippen molar-refractivity contribution in [3.63, 3.8) is 0 Å². The number of carboxylic acid groups (broad SMARTS) is 1. The van der Waals surface area contributed by atoms with Crippen LogP contribution in [0.4, 0.5) is 0 Å². The maximum absolute atomic E-state index is 10.7. The van der Waals surface area contributed by atoms with Gasteiger partial charge in [-0.25, -0.2) is 4.79 Å². The van der Waals surface area contributed by atoms with E-state index in [9.17, 15) is 4.79 Å². The molecule has 0 fully saturated rings. The van der Waals surface area contributed by atoms with E-state index < -0.39 is 12.1 Å². The van der Waals surface area contributed by atoms with E-state index in [2.05, 4.69) is 0 Å². The molecule has 0 spiro atoms. The molecule has 1 N–H and O–H groups in total. The van der Waals surface area contributed by atoms with Gasteiger partial charge in [-0.2, -0.15) is 0 Å². The van der Waals surface area contributed by atoms with Crippen molar-refractivity contribution in [1.82, 2.24) is 0 Å². The Bertz CT molecular complexity index is 364. The van der Waals surface area contributed by atoms with Gasteiger partial charge in [-0.1, -0.05) is 23.7 Å². The summed E-state index contributed by atoms with van der Waals surface area (Å²) < 4.78 is 10.2. The van der Waals surface area contributed by atoms with Gasteiger partial charge in [0.05, 0.1) is 6.61 Å². The van der Waals surface area contributed by atoms with Crippen molar-refractivity contribution in [1.29, 1.82) is 0 Å². The Balaban J connectivity index is 2.15. The molecule has 5 heteroatoms. The third-order valence-electron chi connectivity index (χ3n) is 2.53. The largest absolute Gasteiger partial charge is 0.479 e. The van der Waals surface area contributed by atoms with Gasteiger partial charge in [0.15, 0.2) is 6.10 Å². The Morgan fingerprint density at radius 3 is 2.56 bits per heavy atom. The molecule has 0 heterocycles. The Morgan fingerprint density at radius 2 is 2.00 bits per heavy atom. The summed E-state index contributed by atoms with van der Waals surface area (Å²) in [4.78, 5) is 10.7. The van der Waals surface area contributed by atoms with Gasteiger partial charge in [-0.3, -0.25) is 0 Å². The number of carbonyl (C=O) groups is 1. The fraction of sp³-hybridized carbons (Fsp3) is 0.462. The molecule has 0 saturated carbocycles. The molecule has 18 heavy (non-hydrogen) atoms. The lowest BCUT2D eigenvalue weighted by atomic mass is 10.2. The quantitative estimate of drug-likeness (QED) is 0.738. The number of rotatable bonds is 8. The molecule has 1 atom stereocenters. The molecule has 0 aliphatic carbocycles. The lowest BCUT2D eigenvalue weighted by Crippen LogP contribution is -2.24. The van der Waals surface area contributed by atoms with Crippen LogP contribution in [0.25, 0.3) is 0 Å². The summed E-state index contributed by atoms with van der Waals surface area (Å²) in [7, 11) is 1.38. The van der Waals surface area contributed by atoms with Crippen LogP contribution in [0.5, 0.6) is 0 Å². The van der Waals surface area contributed by atoms with Crippen molar-refractivity contribution in [3.8, 4) is 0 Å². The number of hydrogen-bond donors (Lipinski definition) is 1. The zero-order chi connectivity index (χ0) is 13.4.